The molecule has 0 saturated carbocycles. The van der Waals surface area contributed by atoms with Crippen LogP contribution in [-0.4, -0.2) is 51.5 Å². The van der Waals surface area contributed by atoms with E-state index >= 15 is 0 Å². The SMILES string of the molecule is O=C([O-])C(F)(F)F.O=C(c1ccc(C(=O)C(F)(F)F)s1)N1CC[n+]2cc[nH]c2C1.Oc1ccccc1. The standard InChI is InChI=1S/C13H10F3N3O2S.C6H6O.C2HF3O2/c14-13(15,16)11(20)8-1-2-9(22-8)12(21)19-6-5-18-4-3-17-10(18)7-19;7-6-4-2-1-3-5-6;3-2(4,5)1(6)7/h1-4H,5-7H2;1-5,7H;(H,6,7). The molecule has 3 heterocycles. The molecular formula is C21H17F6N3O5S. The Morgan fingerprint density at radius 2 is 1.56 bits per heavy atom. The van der Waals surface area contributed by atoms with Crippen molar-refractivity contribution in [2.24, 2.45) is 0 Å². The van der Waals surface area contributed by atoms with E-state index in [2.05, 4.69) is 4.98 Å². The van der Waals surface area contributed by atoms with E-state index in [4.69, 9.17) is 15.0 Å². The first-order valence-electron chi connectivity index (χ1n) is 9.78. The first-order valence-corrected chi connectivity index (χ1v) is 10.6. The van der Waals surface area contributed by atoms with Crippen molar-refractivity contribution < 1.29 is 55.5 Å². The second kappa shape index (κ2) is 11.7. The molecule has 1 aliphatic heterocycles. The summed E-state index contributed by atoms with van der Waals surface area (Å²) < 4.78 is 70.7. The molecule has 1 amide bonds. The number of ketones is 1. The van der Waals surface area contributed by atoms with Gasteiger partial charge in [-0.25, -0.2) is 9.55 Å². The molecule has 0 atom stereocenters. The number of benzene rings is 1. The van der Waals surface area contributed by atoms with E-state index in [1.165, 1.54) is 6.07 Å². The number of phenols is 1. The molecule has 3 aromatic rings. The third-order valence-corrected chi connectivity index (χ3v) is 5.45. The predicted molar refractivity (Wildman–Crippen MR) is 110 cm³/mol. The van der Waals surface area contributed by atoms with Gasteiger partial charge in [0, 0.05) is 0 Å². The number of para-hydroxylation sites is 1. The number of imidazole rings is 1. The van der Waals surface area contributed by atoms with Crippen LogP contribution in [0.25, 0.3) is 0 Å². The van der Waals surface area contributed by atoms with Gasteiger partial charge in [0.05, 0.1) is 16.3 Å². The number of thiophene rings is 1. The van der Waals surface area contributed by atoms with E-state index in [1.54, 1.807) is 35.4 Å². The molecule has 1 aromatic carbocycles. The highest BCUT2D eigenvalue weighted by Gasteiger charge is 2.40. The van der Waals surface area contributed by atoms with Crippen LogP contribution >= 0.6 is 11.3 Å². The van der Waals surface area contributed by atoms with Crippen molar-refractivity contribution in [3.05, 3.63) is 70.4 Å². The van der Waals surface area contributed by atoms with Crippen molar-refractivity contribution >= 4 is 29.0 Å². The van der Waals surface area contributed by atoms with Crippen molar-refractivity contribution in [1.82, 2.24) is 9.88 Å². The molecule has 0 spiro atoms. The summed E-state index contributed by atoms with van der Waals surface area (Å²) in [4.78, 5) is 36.5. The Morgan fingerprint density at radius 1 is 0.972 bits per heavy atom. The Hall–Kier alpha value is -3.88. The number of aliphatic carboxylic acids is 1. The number of carbonyl (C=O) groups is 3. The zero-order valence-electron chi connectivity index (χ0n) is 18.0. The van der Waals surface area contributed by atoms with Crippen LogP contribution in [0.1, 0.15) is 25.2 Å². The minimum absolute atomic E-state index is 0.132. The normalized spacial score (nSPS) is 12.9. The first-order chi connectivity index (χ1) is 16.7. The molecule has 0 saturated heterocycles. The minimum Gasteiger partial charge on any atom is -0.542 e. The van der Waals surface area contributed by atoms with Gasteiger partial charge in [-0.3, -0.25) is 9.59 Å². The van der Waals surface area contributed by atoms with Crippen molar-refractivity contribution in [2.75, 3.05) is 6.54 Å². The quantitative estimate of drug-likeness (QED) is 0.296. The topological polar surface area (TPSA) is 117 Å². The zero-order chi connectivity index (χ0) is 27.1. The molecule has 0 bridgehead atoms. The number of nitrogens with one attached hydrogen (secondary N) is 1. The van der Waals surface area contributed by atoms with Gasteiger partial charge in [-0.2, -0.15) is 26.3 Å². The predicted octanol–water partition coefficient (Wildman–Crippen LogP) is 2.46. The molecule has 36 heavy (non-hydrogen) atoms. The maximum absolute atomic E-state index is 12.4. The van der Waals surface area contributed by atoms with Gasteiger partial charge < -0.3 is 19.9 Å². The Morgan fingerprint density at radius 3 is 2.06 bits per heavy atom. The lowest BCUT2D eigenvalue weighted by atomic mass is 10.3. The fraction of sp³-hybridized carbons (Fsp3) is 0.238. The Balaban J connectivity index is 0.000000267. The summed E-state index contributed by atoms with van der Waals surface area (Å²) in [6.45, 7) is 1.44. The molecular weight excluding hydrogens is 520 g/mol. The van der Waals surface area contributed by atoms with E-state index in [9.17, 15) is 35.9 Å². The van der Waals surface area contributed by atoms with Crippen LogP contribution < -0.4 is 9.67 Å². The Labute approximate surface area is 203 Å². The summed E-state index contributed by atoms with van der Waals surface area (Å²) in [6, 6.07) is 11.0. The third-order valence-electron chi connectivity index (χ3n) is 4.38. The van der Waals surface area contributed by atoms with Crippen molar-refractivity contribution in [3.63, 3.8) is 0 Å². The van der Waals surface area contributed by atoms with Gasteiger partial charge >= 0.3 is 12.4 Å². The number of hydrogen-bond acceptors (Lipinski definition) is 6. The molecule has 194 valence electrons. The number of rotatable bonds is 2. The molecule has 2 N–H and O–H groups in total. The lowest BCUT2D eigenvalue weighted by molar-refractivity contribution is -0.709. The van der Waals surface area contributed by atoms with Gasteiger partial charge in [0.15, 0.2) is 0 Å². The highest BCUT2D eigenvalue weighted by Crippen LogP contribution is 2.27. The number of aromatic amines is 1. The summed E-state index contributed by atoms with van der Waals surface area (Å²) in [5, 5.41) is 17.4. The number of carboxylic acids is 1. The maximum Gasteiger partial charge on any atom is 0.455 e. The Kier molecular flexibility index (Phi) is 9.22. The lowest BCUT2D eigenvalue weighted by Crippen LogP contribution is -2.50. The number of alkyl halides is 6. The molecule has 4 rings (SSSR count). The molecule has 15 heteroatoms. The van der Waals surface area contributed by atoms with Gasteiger partial charge in [-0.15, -0.1) is 11.3 Å². The van der Waals surface area contributed by atoms with Crippen molar-refractivity contribution in [2.45, 2.75) is 25.4 Å². The van der Waals surface area contributed by atoms with E-state index in [0.717, 1.165) is 11.9 Å². The first kappa shape index (κ1) is 28.4. The van der Waals surface area contributed by atoms with Crippen LogP contribution in [-0.2, 0) is 17.9 Å². The number of carboxylic acid groups (broad SMARTS) is 1. The highest BCUT2D eigenvalue weighted by atomic mass is 32.1. The van der Waals surface area contributed by atoms with E-state index in [1.807, 2.05) is 16.8 Å². The van der Waals surface area contributed by atoms with Crippen molar-refractivity contribution in [3.8, 4) is 5.75 Å². The van der Waals surface area contributed by atoms with E-state index in [-0.39, 0.29) is 10.8 Å². The fourth-order valence-corrected chi connectivity index (χ4v) is 3.64. The lowest BCUT2D eigenvalue weighted by Gasteiger charge is -2.23. The monoisotopic (exact) mass is 537 g/mol. The van der Waals surface area contributed by atoms with Gasteiger partial charge in [-0.05, 0) is 24.3 Å². The van der Waals surface area contributed by atoms with E-state index in [0.29, 0.717) is 36.7 Å². The number of amides is 1. The van der Waals surface area contributed by atoms with Crippen LogP contribution in [0.3, 0.4) is 0 Å². The number of aromatic hydroxyl groups is 1. The summed E-state index contributed by atoms with van der Waals surface area (Å²) >= 11 is 0.575. The van der Waals surface area contributed by atoms with Crippen LogP contribution in [0.2, 0.25) is 0 Å². The summed E-state index contributed by atoms with van der Waals surface area (Å²) in [7, 11) is 0. The maximum atomic E-state index is 12.4. The van der Waals surface area contributed by atoms with Gasteiger partial charge in [0.2, 0.25) is 0 Å². The average Bonchev–Trinajstić information content (AvgIpc) is 3.47. The molecule has 2 aromatic heterocycles. The number of aromatic nitrogens is 2. The fourth-order valence-electron chi connectivity index (χ4n) is 2.70. The van der Waals surface area contributed by atoms with Gasteiger partial charge in [0.25, 0.3) is 17.5 Å². The summed E-state index contributed by atoms with van der Waals surface area (Å²) in [6.07, 6.45) is -6.50. The second-order valence-corrected chi connectivity index (χ2v) is 8.02. The number of nitrogens with zero attached hydrogens (tertiary/aromatic N) is 2. The van der Waals surface area contributed by atoms with Crippen LogP contribution in [0.15, 0.2) is 54.9 Å². The highest BCUT2D eigenvalue weighted by molar-refractivity contribution is 7.16. The average molecular weight is 537 g/mol. The van der Waals surface area contributed by atoms with Gasteiger partial charge in [0.1, 0.15) is 37.2 Å². The number of fused-ring (bicyclic) bond motifs is 1. The molecule has 0 radical (unpaired) electrons. The number of hydrogen-bond donors (Lipinski definition) is 2. The van der Waals surface area contributed by atoms with Crippen LogP contribution in [0.4, 0.5) is 26.3 Å². The zero-order valence-corrected chi connectivity index (χ0v) is 18.8. The smallest absolute Gasteiger partial charge is 0.455 e. The molecule has 0 fully saturated rings. The number of Topliss-reactive ketones (excluding diaryl/α,β-unsaturated/α-hetero) is 1. The Bertz CT molecular complexity index is 1190. The third kappa shape index (κ3) is 8.11. The molecule has 1 aliphatic rings. The number of phenolic OH excluding ortho intramolecular Hbond substituents is 1. The molecule has 0 unspecified atom stereocenters. The number of carbonyl (C=O) groups excluding carboxylic acids is 3. The largest absolute Gasteiger partial charge is 0.542 e. The number of H-pyrrole nitrogens is 1. The van der Waals surface area contributed by atoms with Crippen molar-refractivity contribution in [1.29, 1.82) is 0 Å². The van der Waals surface area contributed by atoms with Crippen LogP contribution in [0.5, 0.6) is 5.75 Å². The van der Waals surface area contributed by atoms with E-state index < -0.39 is 29.0 Å². The summed E-state index contributed by atoms with van der Waals surface area (Å²) in [5.74, 6) is -4.12. The van der Waals surface area contributed by atoms with Gasteiger partial charge in [-0.1, -0.05) is 18.2 Å². The van der Waals surface area contributed by atoms with Crippen LogP contribution in [0, 0.1) is 0 Å². The number of halogens is 6. The minimum atomic E-state index is -5.19. The second-order valence-electron chi connectivity index (χ2n) is 6.94. The molecule has 8 nitrogen and oxygen atoms in total. The molecule has 0 aliphatic carbocycles. The summed E-state index contributed by atoms with van der Waals surface area (Å²) in [5.41, 5.74) is 0.